The zero-order chi connectivity index (χ0) is 0. The minimum absolute atomic E-state index is 0. The topological polar surface area (TPSA) is 142 Å². The van der Waals surface area contributed by atoms with Gasteiger partial charge in [0.1, 0.15) is 0 Å². The van der Waals surface area contributed by atoms with Gasteiger partial charge in [-0.3, -0.25) is 0 Å². The third-order valence-electron chi connectivity index (χ3n) is 0. The Kier molecular flexibility index (Phi) is 6120. The molecule has 9 heavy (non-hydrogen) atoms. The predicted molar refractivity (Wildman–Crippen MR) is 3.43 cm³/mol. The van der Waals surface area contributed by atoms with Crippen LogP contribution in [0.2, 0.25) is 0 Å². The van der Waals surface area contributed by atoms with E-state index in [0.717, 1.165) is 0 Å². The van der Waals surface area contributed by atoms with Crippen LogP contribution < -0.4 is 0 Å². The summed E-state index contributed by atoms with van der Waals surface area (Å²) in [5, 5.41) is 0. The van der Waals surface area contributed by atoms with Gasteiger partial charge in [0.25, 0.3) is 0 Å². The molecule has 0 saturated heterocycles. The van der Waals surface area contributed by atoms with Crippen LogP contribution in [0.4, 0.5) is 0 Å². The van der Waals surface area contributed by atoms with Gasteiger partial charge in [-0.15, -0.1) is 0 Å². The first kappa shape index (κ1) is 273. The third kappa shape index (κ3) is 159. The number of hydrogen-bond donors (Lipinski definition) is 0. The van der Waals surface area contributed by atoms with Crippen LogP contribution in [0, 0.1) is 0 Å². The van der Waals surface area contributed by atoms with Crippen molar-refractivity contribution in [1.29, 1.82) is 0 Å². The zero-order valence-electron chi connectivity index (χ0n) is 3.69. The van der Waals surface area contributed by atoms with Crippen molar-refractivity contribution in [2.75, 3.05) is 0 Å². The fourth-order valence-corrected chi connectivity index (χ4v) is 0. The molecule has 5 nitrogen and oxygen atoms in total. The van der Waals surface area contributed by atoms with E-state index in [0.29, 0.717) is 0 Å². The van der Waals surface area contributed by atoms with E-state index in [1.54, 1.807) is 0 Å². The molecule has 0 aromatic carbocycles. The van der Waals surface area contributed by atoms with Gasteiger partial charge < -0.3 is 27.4 Å². The Hall–Kier alpha value is 2.01. The molecule has 64 valence electrons. The molecule has 0 bridgehead atoms. The summed E-state index contributed by atoms with van der Waals surface area (Å²) >= 11 is 0. The maximum absolute atomic E-state index is 0. The van der Waals surface area contributed by atoms with E-state index in [1.807, 2.05) is 0 Å². The van der Waals surface area contributed by atoms with Crippen LogP contribution in [0.5, 0.6) is 0 Å². The maximum Gasteiger partial charge on any atom is 0 e. The van der Waals surface area contributed by atoms with Gasteiger partial charge in [-0.2, -0.15) is 0 Å². The minimum Gasteiger partial charge on any atom is -2.00 e. The van der Waals surface area contributed by atoms with Crippen LogP contribution in [0.15, 0.2) is 0 Å². The van der Waals surface area contributed by atoms with Crippen molar-refractivity contribution in [1.82, 2.24) is 0 Å². The largest absolute Gasteiger partial charge is 2.00 e. The Morgan fingerprint density at radius 3 is 0.333 bits per heavy atom. The van der Waals surface area contributed by atoms with Gasteiger partial charge in [0.05, 0.1) is 0 Å². The van der Waals surface area contributed by atoms with Crippen molar-refractivity contribution >= 4 is 0 Å². The van der Waals surface area contributed by atoms with E-state index in [1.165, 1.54) is 0 Å². The summed E-state index contributed by atoms with van der Waals surface area (Å²) < 4.78 is 0. The van der Waals surface area contributed by atoms with Crippen molar-refractivity contribution in [3.05, 3.63) is 0 Å². The molecular formula is Mn2O5V2-10. The Bertz CT molecular complexity index is 12.9. The zero-order valence-corrected chi connectivity index (χ0v) is 8.85. The van der Waals surface area contributed by atoms with E-state index < -0.39 is 0 Å². The fourth-order valence-electron chi connectivity index (χ4n) is 0. The second-order valence-corrected chi connectivity index (χ2v) is 0. The maximum atomic E-state index is 0. The first-order valence-electron chi connectivity index (χ1n) is 0. The van der Waals surface area contributed by atoms with Crippen molar-refractivity contribution in [2.45, 2.75) is 0 Å². The first-order valence-corrected chi connectivity index (χ1v) is 0. The predicted octanol–water partition coefficient (Wildman–Crippen LogP) is -0.604. The van der Waals surface area contributed by atoms with Crippen molar-refractivity contribution < 1.29 is 98.6 Å². The van der Waals surface area contributed by atoms with E-state index >= 15 is 0 Å². The molecule has 0 fully saturated rings. The molecule has 0 unspecified atom stereocenters. The van der Waals surface area contributed by atoms with Crippen molar-refractivity contribution in [3.63, 3.8) is 0 Å². The molecule has 0 aliphatic carbocycles. The smallest absolute Gasteiger partial charge is 0 e. The normalized spacial score (nSPS) is 0. The average Bonchev–Trinajstić information content (AvgIpc) is 0. The molecule has 0 aromatic rings. The minimum atomic E-state index is 0. The molecule has 0 aliphatic rings. The van der Waals surface area contributed by atoms with E-state index in [-0.39, 0.29) is 98.6 Å². The molecule has 0 saturated carbocycles. The van der Waals surface area contributed by atoms with Gasteiger partial charge in [0.15, 0.2) is 0 Å². The summed E-state index contributed by atoms with van der Waals surface area (Å²) in [7, 11) is 0. The second kappa shape index (κ2) is 201. The van der Waals surface area contributed by atoms with Gasteiger partial charge in [0, 0.05) is 71.2 Å². The van der Waals surface area contributed by atoms with E-state index in [9.17, 15) is 0 Å². The SMILES string of the molecule is [Mn].[Mn].[O-2].[O-2].[O-2].[O-2].[O-2].[V].[V]. The summed E-state index contributed by atoms with van der Waals surface area (Å²) in [5.41, 5.74) is 0. The van der Waals surface area contributed by atoms with E-state index in [2.05, 4.69) is 0 Å². The van der Waals surface area contributed by atoms with Gasteiger partial charge in [0.2, 0.25) is 0 Å². The molecule has 0 amide bonds. The van der Waals surface area contributed by atoms with Gasteiger partial charge >= 0.3 is 0 Å². The van der Waals surface area contributed by atoms with Crippen LogP contribution in [-0.4, -0.2) is 0 Å². The quantitative estimate of drug-likeness (QED) is 0.525. The Morgan fingerprint density at radius 1 is 0.333 bits per heavy atom. The molecule has 4 radical (unpaired) electrons. The summed E-state index contributed by atoms with van der Waals surface area (Å²) in [5.74, 6) is 0. The van der Waals surface area contributed by atoms with E-state index in [4.69, 9.17) is 0 Å². The van der Waals surface area contributed by atoms with Crippen LogP contribution in [0.3, 0.4) is 0 Å². The molecule has 9 heteroatoms. The number of rotatable bonds is 0. The molecule has 0 aromatic heterocycles. The summed E-state index contributed by atoms with van der Waals surface area (Å²) in [6.45, 7) is 0. The van der Waals surface area contributed by atoms with Gasteiger partial charge in [-0.05, 0) is 0 Å². The van der Waals surface area contributed by atoms with Crippen molar-refractivity contribution in [3.8, 4) is 0 Å². The molecule has 0 N–H and O–H groups in total. The molecule has 0 rings (SSSR count). The fraction of sp³-hybridized carbons (Fsp3) is 0. The monoisotopic (exact) mass is 292 g/mol. The van der Waals surface area contributed by atoms with Gasteiger partial charge in [-0.25, -0.2) is 0 Å². The third-order valence-corrected chi connectivity index (χ3v) is 0. The van der Waals surface area contributed by atoms with Crippen LogP contribution in [0.25, 0.3) is 0 Å². The summed E-state index contributed by atoms with van der Waals surface area (Å²) in [6, 6.07) is 0. The van der Waals surface area contributed by atoms with Crippen molar-refractivity contribution in [2.24, 2.45) is 0 Å². The summed E-state index contributed by atoms with van der Waals surface area (Å²) in [4.78, 5) is 0. The molecule has 0 aliphatic heterocycles. The average molecular weight is 292 g/mol. The molecule has 0 heterocycles. The second-order valence-electron chi connectivity index (χ2n) is 0. The van der Waals surface area contributed by atoms with Crippen LogP contribution >= 0.6 is 0 Å². The van der Waals surface area contributed by atoms with Crippen LogP contribution in [-0.2, 0) is 98.6 Å². The Balaban J connectivity index is 0. The molecule has 0 spiro atoms. The molecular weight excluding hydrogens is 292 g/mol. The molecule has 0 atom stereocenters. The first-order chi connectivity index (χ1) is 0. The van der Waals surface area contributed by atoms with Gasteiger partial charge in [-0.1, -0.05) is 0 Å². The number of hydrogen-bond acceptors (Lipinski definition) is 0. The summed E-state index contributed by atoms with van der Waals surface area (Å²) in [6.07, 6.45) is 0. The standard InChI is InChI=1S/2Mn.5O.2V/q;;5*-2;;. The van der Waals surface area contributed by atoms with Crippen LogP contribution in [0.1, 0.15) is 0 Å². The Morgan fingerprint density at radius 2 is 0.333 bits per heavy atom. The Labute approximate surface area is 98.0 Å².